The van der Waals surface area contributed by atoms with Crippen LogP contribution in [0.25, 0.3) is 12.2 Å². The molecule has 0 unspecified atom stereocenters. The van der Waals surface area contributed by atoms with E-state index in [4.69, 9.17) is 32.7 Å². The number of pyridine rings is 1. The Morgan fingerprint density at radius 2 is 1.92 bits per heavy atom. The molecule has 0 bridgehead atoms. The standard InChI is InChI=1S/C19H22Cl2N2O2/c1-23(2)11-4-12-25-18-9-10-19(24-3)22-17(18)8-6-14-5-7-15(20)13-16(14)21/h5-10,13H,4,11-12H2,1-3H3. The SMILES string of the molecule is COc1ccc(OCCCN(C)C)c(C=Cc2ccc(Cl)cc2Cl)n1. The Hall–Kier alpha value is -1.75. The Bertz CT molecular complexity index is 733. The van der Waals surface area contributed by atoms with Crippen molar-refractivity contribution < 1.29 is 9.47 Å². The van der Waals surface area contributed by atoms with E-state index in [1.165, 1.54) is 0 Å². The molecule has 0 saturated heterocycles. The first-order valence-electron chi connectivity index (χ1n) is 7.95. The van der Waals surface area contributed by atoms with Gasteiger partial charge in [0.15, 0.2) is 0 Å². The van der Waals surface area contributed by atoms with Gasteiger partial charge >= 0.3 is 0 Å². The summed E-state index contributed by atoms with van der Waals surface area (Å²) in [6.45, 7) is 1.59. The molecule has 25 heavy (non-hydrogen) atoms. The van der Waals surface area contributed by atoms with Crippen molar-refractivity contribution in [1.29, 1.82) is 0 Å². The summed E-state index contributed by atoms with van der Waals surface area (Å²) in [6, 6.07) is 9.02. The van der Waals surface area contributed by atoms with Crippen LogP contribution in [0.3, 0.4) is 0 Å². The number of hydrogen-bond donors (Lipinski definition) is 0. The topological polar surface area (TPSA) is 34.6 Å². The largest absolute Gasteiger partial charge is 0.491 e. The zero-order valence-electron chi connectivity index (χ0n) is 14.6. The first kappa shape index (κ1) is 19.6. The van der Waals surface area contributed by atoms with Gasteiger partial charge in [0.05, 0.1) is 13.7 Å². The zero-order valence-corrected chi connectivity index (χ0v) is 16.1. The van der Waals surface area contributed by atoms with Crippen LogP contribution in [0.2, 0.25) is 10.0 Å². The van der Waals surface area contributed by atoms with E-state index in [9.17, 15) is 0 Å². The predicted octanol–water partition coefficient (Wildman–Crippen LogP) is 4.90. The molecule has 0 aliphatic carbocycles. The molecule has 0 saturated carbocycles. The van der Waals surface area contributed by atoms with Gasteiger partial charge in [-0.3, -0.25) is 0 Å². The maximum absolute atomic E-state index is 6.21. The smallest absolute Gasteiger partial charge is 0.213 e. The summed E-state index contributed by atoms with van der Waals surface area (Å²) in [5.74, 6) is 1.24. The molecule has 6 heteroatoms. The van der Waals surface area contributed by atoms with Crippen LogP contribution in [-0.2, 0) is 0 Å². The number of methoxy groups -OCH3 is 1. The first-order valence-corrected chi connectivity index (χ1v) is 8.71. The lowest BCUT2D eigenvalue weighted by atomic mass is 10.2. The summed E-state index contributed by atoms with van der Waals surface area (Å²) < 4.78 is 11.1. The summed E-state index contributed by atoms with van der Waals surface area (Å²) >= 11 is 12.1. The van der Waals surface area contributed by atoms with E-state index < -0.39 is 0 Å². The van der Waals surface area contributed by atoms with Crippen LogP contribution in [0, 0.1) is 0 Å². The molecular formula is C19H22Cl2N2O2. The van der Waals surface area contributed by atoms with Crippen molar-refractivity contribution in [2.75, 3.05) is 34.4 Å². The molecule has 0 radical (unpaired) electrons. The maximum atomic E-state index is 6.21. The fourth-order valence-electron chi connectivity index (χ4n) is 2.17. The van der Waals surface area contributed by atoms with Crippen LogP contribution in [0.4, 0.5) is 0 Å². The van der Waals surface area contributed by atoms with Crippen molar-refractivity contribution in [3.05, 3.63) is 51.6 Å². The molecule has 0 aliphatic heterocycles. The third-order valence-corrected chi connectivity index (χ3v) is 4.02. The average molecular weight is 381 g/mol. The summed E-state index contributed by atoms with van der Waals surface area (Å²) in [4.78, 5) is 6.58. The maximum Gasteiger partial charge on any atom is 0.213 e. The summed E-state index contributed by atoms with van der Waals surface area (Å²) in [7, 11) is 5.67. The fourth-order valence-corrected chi connectivity index (χ4v) is 2.64. The van der Waals surface area contributed by atoms with Crippen LogP contribution in [0.1, 0.15) is 17.7 Å². The Balaban J connectivity index is 2.17. The highest BCUT2D eigenvalue weighted by Gasteiger charge is 2.06. The minimum Gasteiger partial charge on any atom is -0.491 e. The lowest BCUT2D eigenvalue weighted by molar-refractivity contribution is 0.279. The number of ether oxygens (including phenoxy) is 2. The molecule has 1 aromatic carbocycles. The van der Waals surface area contributed by atoms with Crippen molar-refractivity contribution in [3.8, 4) is 11.6 Å². The zero-order chi connectivity index (χ0) is 18.2. The second kappa shape index (κ2) is 9.66. The van der Waals surface area contributed by atoms with E-state index in [0.29, 0.717) is 34.0 Å². The molecule has 1 heterocycles. The van der Waals surface area contributed by atoms with Crippen molar-refractivity contribution in [3.63, 3.8) is 0 Å². The van der Waals surface area contributed by atoms with Crippen molar-refractivity contribution >= 4 is 35.4 Å². The second-order valence-corrected chi connectivity index (χ2v) is 6.59. The lowest BCUT2D eigenvalue weighted by Gasteiger charge is -2.12. The van der Waals surface area contributed by atoms with Gasteiger partial charge < -0.3 is 14.4 Å². The van der Waals surface area contributed by atoms with Gasteiger partial charge in [-0.2, -0.15) is 0 Å². The number of rotatable bonds is 8. The van der Waals surface area contributed by atoms with Crippen LogP contribution in [0.15, 0.2) is 30.3 Å². The van der Waals surface area contributed by atoms with E-state index in [1.807, 2.05) is 38.4 Å². The van der Waals surface area contributed by atoms with E-state index in [0.717, 1.165) is 18.5 Å². The van der Waals surface area contributed by atoms with Crippen molar-refractivity contribution in [2.45, 2.75) is 6.42 Å². The molecule has 2 rings (SSSR count). The van der Waals surface area contributed by atoms with Gasteiger partial charge in [0, 0.05) is 22.7 Å². The number of hydrogen-bond acceptors (Lipinski definition) is 4. The molecule has 2 aromatic rings. The third kappa shape index (κ3) is 6.24. The van der Waals surface area contributed by atoms with Gasteiger partial charge in [0.1, 0.15) is 11.4 Å². The molecule has 0 fully saturated rings. The number of halogens is 2. The highest BCUT2D eigenvalue weighted by Crippen LogP contribution is 2.26. The fraction of sp³-hybridized carbons (Fsp3) is 0.316. The number of aromatic nitrogens is 1. The molecule has 1 aromatic heterocycles. The molecule has 0 aliphatic rings. The Kier molecular flexibility index (Phi) is 7.56. The minimum atomic E-state index is 0.530. The number of benzene rings is 1. The lowest BCUT2D eigenvalue weighted by Crippen LogP contribution is -2.15. The summed E-state index contributed by atoms with van der Waals surface area (Å²) in [5, 5.41) is 1.19. The third-order valence-electron chi connectivity index (χ3n) is 3.46. The van der Waals surface area contributed by atoms with Crippen molar-refractivity contribution in [1.82, 2.24) is 9.88 Å². The van der Waals surface area contributed by atoms with Gasteiger partial charge in [-0.25, -0.2) is 4.98 Å². The van der Waals surface area contributed by atoms with Gasteiger partial charge in [-0.15, -0.1) is 0 Å². The predicted molar refractivity (Wildman–Crippen MR) is 105 cm³/mol. The minimum absolute atomic E-state index is 0.530. The molecule has 0 amide bonds. The van der Waals surface area contributed by atoms with E-state index >= 15 is 0 Å². The highest BCUT2D eigenvalue weighted by molar-refractivity contribution is 6.35. The summed E-state index contributed by atoms with van der Waals surface area (Å²) in [5.41, 5.74) is 1.55. The monoisotopic (exact) mass is 380 g/mol. The van der Waals surface area contributed by atoms with E-state index in [-0.39, 0.29) is 0 Å². The van der Waals surface area contributed by atoms with Gasteiger partial charge in [0.2, 0.25) is 5.88 Å². The van der Waals surface area contributed by atoms with Crippen LogP contribution in [0.5, 0.6) is 11.6 Å². The molecule has 0 N–H and O–H groups in total. The van der Waals surface area contributed by atoms with E-state index in [2.05, 4.69) is 9.88 Å². The first-order chi connectivity index (χ1) is 12.0. The van der Waals surface area contributed by atoms with Crippen LogP contribution in [-0.4, -0.2) is 44.2 Å². The van der Waals surface area contributed by atoms with Crippen molar-refractivity contribution in [2.24, 2.45) is 0 Å². The van der Waals surface area contributed by atoms with Gasteiger partial charge in [0.25, 0.3) is 0 Å². The second-order valence-electron chi connectivity index (χ2n) is 5.74. The molecule has 0 spiro atoms. The molecule has 4 nitrogen and oxygen atoms in total. The van der Waals surface area contributed by atoms with E-state index in [1.54, 1.807) is 25.3 Å². The highest BCUT2D eigenvalue weighted by atomic mass is 35.5. The van der Waals surface area contributed by atoms with Gasteiger partial charge in [-0.1, -0.05) is 35.3 Å². The molecular weight excluding hydrogens is 359 g/mol. The van der Waals surface area contributed by atoms with Gasteiger partial charge in [-0.05, 0) is 50.4 Å². The average Bonchev–Trinajstić information content (AvgIpc) is 2.58. The van der Waals surface area contributed by atoms with Crippen LogP contribution >= 0.6 is 23.2 Å². The number of nitrogens with zero attached hydrogens (tertiary/aromatic N) is 2. The Morgan fingerprint density at radius 1 is 1.12 bits per heavy atom. The molecule has 0 atom stereocenters. The quantitative estimate of drug-likeness (QED) is 0.610. The molecule has 134 valence electrons. The Morgan fingerprint density at radius 3 is 2.60 bits per heavy atom. The normalized spacial score (nSPS) is 11.3. The Labute approximate surface area is 159 Å². The summed E-state index contributed by atoms with van der Waals surface area (Å²) in [6.07, 6.45) is 4.68. The van der Waals surface area contributed by atoms with Crippen LogP contribution < -0.4 is 9.47 Å².